The van der Waals surface area contributed by atoms with Crippen LogP contribution in [0.5, 0.6) is 0 Å². The van der Waals surface area contributed by atoms with Crippen molar-refractivity contribution in [2.45, 2.75) is 39.2 Å². The molecule has 1 aliphatic carbocycles. The van der Waals surface area contributed by atoms with E-state index in [0.717, 1.165) is 13.0 Å². The van der Waals surface area contributed by atoms with Crippen LogP contribution in [0, 0.1) is 11.3 Å². The molecule has 0 spiro atoms. The molecule has 72 valence electrons. The van der Waals surface area contributed by atoms with E-state index in [1.165, 1.54) is 12.8 Å². The van der Waals surface area contributed by atoms with Gasteiger partial charge in [-0.1, -0.05) is 13.8 Å². The van der Waals surface area contributed by atoms with Gasteiger partial charge in [-0.05, 0) is 30.6 Å². The van der Waals surface area contributed by atoms with Crippen molar-refractivity contribution in [2.24, 2.45) is 17.1 Å². The molecule has 1 saturated carbocycles. The third kappa shape index (κ3) is 1.99. The van der Waals surface area contributed by atoms with E-state index < -0.39 is 0 Å². The number of hydrogen-bond donors (Lipinski definition) is 1. The first-order valence-electron chi connectivity index (χ1n) is 4.83. The standard InChI is InChI=1S/C10H21NO/c1-8(7-12-3)10(2)5-4-9(11)6-10/h8-9H,4-7,11H2,1-3H3. The fraction of sp³-hybridized carbons (Fsp3) is 1.00. The van der Waals surface area contributed by atoms with Gasteiger partial charge in [0.1, 0.15) is 0 Å². The van der Waals surface area contributed by atoms with Gasteiger partial charge in [0.25, 0.3) is 0 Å². The number of ether oxygens (including phenoxy) is 1. The van der Waals surface area contributed by atoms with E-state index in [0.29, 0.717) is 17.4 Å². The van der Waals surface area contributed by atoms with Crippen LogP contribution in [0.3, 0.4) is 0 Å². The summed E-state index contributed by atoms with van der Waals surface area (Å²) < 4.78 is 5.18. The fourth-order valence-corrected chi connectivity index (χ4v) is 2.22. The van der Waals surface area contributed by atoms with Gasteiger partial charge in [-0.15, -0.1) is 0 Å². The van der Waals surface area contributed by atoms with Crippen molar-refractivity contribution in [1.29, 1.82) is 0 Å². The molecule has 0 heterocycles. The molecule has 0 saturated heterocycles. The summed E-state index contributed by atoms with van der Waals surface area (Å²) in [6, 6.07) is 0.425. The van der Waals surface area contributed by atoms with Gasteiger partial charge < -0.3 is 10.5 Å². The molecule has 1 rings (SSSR count). The summed E-state index contributed by atoms with van der Waals surface area (Å²) in [7, 11) is 1.77. The van der Waals surface area contributed by atoms with Gasteiger partial charge in [-0.2, -0.15) is 0 Å². The topological polar surface area (TPSA) is 35.2 Å². The Morgan fingerprint density at radius 2 is 2.33 bits per heavy atom. The molecule has 1 fully saturated rings. The molecule has 1 aliphatic rings. The monoisotopic (exact) mass is 171 g/mol. The van der Waals surface area contributed by atoms with E-state index in [-0.39, 0.29) is 0 Å². The molecule has 2 N–H and O–H groups in total. The van der Waals surface area contributed by atoms with Crippen molar-refractivity contribution in [3.63, 3.8) is 0 Å². The Balaban J connectivity index is 2.48. The first kappa shape index (κ1) is 10.0. The quantitative estimate of drug-likeness (QED) is 0.702. The van der Waals surface area contributed by atoms with Crippen LogP contribution in [0.25, 0.3) is 0 Å². The molecule has 0 aromatic heterocycles. The molecule has 12 heavy (non-hydrogen) atoms. The minimum atomic E-state index is 0.425. The van der Waals surface area contributed by atoms with Gasteiger partial charge in [0, 0.05) is 19.8 Å². The lowest BCUT2D eigenvalue weighted by atomic mass is 9.77. The van der Waals surface area contributed by atoms with Crippen LogP contribution >= 0.6 is 0 Å². The van der Waals surface area contributed by atoms with E-state index in [2.05, 4.69) is 13.8 Å². The van der Waals surface area contributed by atoms with E-state index in [1.807, 2.05) is 0 Å². The third-order valence-electron chi connectivity index (χ3n) is 3.42. The molecule has 0 amide bonds. The van der Waals surface area contributed by atoms with E-state index in [4.69, 9.17) is 10.5 Å². The Bertz CT molecular complexity index is 149. The van der Waals surface area contributed by atoms with Crippen molar-refractivity contribution in [3.05, 3.63) is 0 Å². The summed E-state index contributed by atoms with van der Waals surface area (Å²) in [6.07, 6.45) is 3.61. The van der Waals surface area contributed by atoms with Crippen molar-refractivity contribution in [3.8, 4) is 0 Å². The molecular formula is C10H21NO. The van der Waals surface area contributed by atoms with Crippen LogP contribution < -0.4 is 5.73 Å². The Hall–Kier alpha value is -0.0800. The van der Waals surface area contributed by atoms with E-state index >= 15 is 0 Å². The maximum absolute atomic E-state index is 5.90. The Morgan fingerprint density at radius 3 is 2.75 bits per heavy atom. The SMILES string of the molecule is COCC(C)C1(C)CCC(N)C1. The van der Waals surface area contributed by atoms with Crippen molar-refractivity contribution < 1.29 is 4.74 Å². The summed E-state index contributed by atoms with van der Waals surface area (Å²) in [5.74, 6) is 0.635. The normalized spacial score (nSPS) is 38.5. The van der Waals surface area contributed by atoms with Crippen LogP contribution in [-0.4, -0.2) is 19.8 Å². The average molecular weight is 171 g/mol. The summed E-state index contributed by atoms with van der Waals surface area (Å²) >= 11 is 0. The zero-order chi connectivity index (χ0) is 9.19. The minimum absolute atomic E-state index is 0.425. The van der Waals surface area contributed by atoms with Crippen LogP contribution in [0.15, 0.2) is 0 Å². The Morgan fingerprint density at radius 1 is 1.67 bits per heavy atom. The Labute approximate surface area is 75.5 Å². The van der Waals surface area contributed by atoms with Crippen LogP contribution in [0.1, 0.15) is 33.1 Å². The Kier molecular flexibility index (Phi) is 3.13. The van der Waals surface area contributed by atoms with Gasteiger partial charge in [-0.25, -0.2) is 0 Å². The number of rotatable bonds is 3. The second-order valence-corrected chi connectivity index (χ2v) is 4.51. The second kappa shape index (κ2) is 3.75. The van der Waals surface area contributed by atoms with E-state index in [9.17, 15) is 0 Å². The highest BCUT2D eigenvalue weighted by Gasteiger charge is 2.37. The number of hydrogen-bond acceptors (Lipinski definition) is 2. The number of methoxy groups -OCH3 is 1. The smallest absolute Gasteiger partial charge is 0.0493 e. The molecule has 2 heteroatoms. The van der Waals surface area contributed by atoms with Gasteiger partial charge in [0.2, 0.25) is 0 Å². The first-order chi connectivity index (χ1) is 5.58. The van der Waals surface area contributed by atoms with Crippen LogP contribution in [0.2, 0.25) is 0 Å². The molecule has 0 aromatic carbocycles. The highest BCUT2D eigenvalue weighted by Crippen LogP contribution is 2.43. The van der Waals surface area contributed by atoms with Gasteiger partial charge >= 0.3 is 0 Å². The molecule has 0 bridgehead atoms. The van der Waals surface area contributed by atoms with Crippen LogP contribution in [0.4, 0.5) is 0 Å². The van der Waals surface area contributed by atoms with Gasteiger partial charge in [-0.3, -0.25) is 0 Å². The molecule has 3 unspecified atom stereocenters. The molecule has 0 aromatic rings. The molecular weight excluding hydrogens is 150 g/mol. The lowest BCUT2D eigenvalue weighted by Crippen LogP contribution is -2.28. The average Bonchev–Trinajstić information content (AvgIpc) is 2.33. The zero-order valence-electron chi connectivity index (χ0n) is 8.47. The molecule has 0 aliphatic heterocycles. The highest BCUT2D eigenvalue weighted by atomic mass is 16.5. The summed E-state index contributed by atoms with van der Waals surface area (Å²) in [5, 5.41) is 0. The lowest BCUT2D eigenvalue weighted by Gasteiger charge is -2.31. The minimum Gasteiger partial charge on any atom is -0.384 e. The maximum atomic E-state index is 5.90. The molecule has 2 nitrogen and oxygen atoms in total. The van der Waals surface area contributed by atoms with Gasteiger partial charge in [0.15, 0.2) is 0 Å². The second-order valence-electron chi connectivity index (χ2n) is 4.51. The largest absolute Gasteiger partial charge is 0.384 e. The van der Waals surface area contributed by atoms with Crippen molar-refractivity contribution in [1.82, 2.24) is 0 Å². The summed E-state index contributed by atoms with van der Waals surface area (Å²) in [4.78, 5) is 0. The van der Waals surface area contributed by atoms with Crippen LogP contribution in [-0.2, 0) is 4.74 Å². The summed E-state index contributed by atoms with van der Waals surface area (Å²) in [6.45, 7) is 5.47. The number of nitrogens with two attached hydrogens (primary N) is 1. The predicted molar refractivity (Wildman–Crippen MR) is 51.0 cm³/mol. The zero-order valence-corrected chi connectivity index (χ0v) is 8.47. The highest BCUT2D eigenvalue weighted by molar-refractivity contribution is 4.90. The third-order valence-corrected chi connectivity index (χ3v) is 3.42. The van der Waals surface area contributed by atoms with Crippen molar-refractivity contribution >= 4 is 0 Å². The molecule has 0 radical (unpaired) electrons. The van der Waals surface area contributed by atoms with Crippen molar-refractivity contribution in [2.75, 3.05) is 13.7 Å². The first-order valence-corrected chi connectivity index (χ1v) is 4.83. The van der Waals surface area contributed by atoms with E-state index in [1.54, 1.807) is 7.11 Å². The fourth-order valence-electron chi connectivity index (χ4n) is 2.22. The molecule has 3 atom stereocenters. The summed E-state index contributed by atoms with van der Waals surface area (Å²) in [5.41, 5.74) is 6.33. The lowest BCUT2D eigenvalue weighted by molar-refractivity contribution is 0.0839. The predicted octanol–water partition coefficient (Wildman–Crippen LogP) is 1.79. The van der Waals surface area contributed by atoms with Gasteiger partial charge in [0.05, 0.1) is 0 Å². The maximum Gasteiger partial charge on any atom is 0.0493 e.